The van der Waals surface area contributed by atoms with Crippen molar-refractivity contribution in [3.8, 4) is 0 Å². The first-order valence-electron chi connectivity index (χ1n) is 7.97. The Labute approximate surface area is 137 Å². The van der Waals surface area contributed by atoms with Gasteiger partial charge in [-0.05, 0) is 32.1 Å². The van der Waals surface area contributed by atoms with Crippen LogP contribution in [0.1, 0.15) is 45.4 Å². The fraction of sp³-hybridized carbons (Fsp3) is 0.733. The van der Waals surface area contributed by atoms with Crippen molar-refractivity contribution in [2.75, 3.05) is 12.3 Å². The maximum Gasteiger partial charge on any atom is 0.326 e. The number of aliphatic carboxylic acids is 1. The molecule has 2 atom stereocenters. The molecule has 1 aliphatic heterocycles. The van der Waals surface area contributed by atoms with Gasteiger partial charge in [0.25, 0.3) is 0 Å². The highest BCUT2D eigenvalue weighted by Crippen LogP contribution is 2.21. The zero-order valence-corrected chi connectivity index (χ0v) is 14.3. The van der Waals surface area contributed by atoms with Gasteiger partial charge in [0, 0.05) is 6.54 Å². The minimum absolute atomic E-state index is 0.00436. The smallest absolute Gasteiger partial charge is 0.326 e. The second-order valence-electron chi connectivity index (χ2n) is 5.70. The number of nitrogens with zero attached hydrogens (tertiary/aromatic N) is 1. The Hall–Kier alpha value is -1.41. The fourth-order valence-electron chi connectivity index (χ4n) is 2.69. The maximum absolute atomic E-state index is 12.4. The lowest BCUT2D eigenvalue weighted by molar-refractivity contribution is -0.142. The Bertz CT molecular complexity index is 532. The van der Waals surface area contributed by atoms with Crippen LogP contribution in [0.4, 0.5) is 0 Å². The molecule has 0 bridgehead atoms. The van der Waals surface area contributed by atoms with Crippen molar-refractivity contribution in [3.63, 3.8) is 0 Å². The molecule has 0 aliphatic carbocycles. The summed E-state index contributed by atoms with van der Waals surface area (Å²) in [5.74, 6) is -1.66. The van der Waals surface area contributed by atoms with Gasteiger partial charge in [0.1, 0.15) is 12.1 Å². The molecule has 2 unspecified atom stereocenters. The van der Waals surface area contributed by atoms with Gasteiger partial charge in [-0.25, -0.2) is 13.2 Å². The van der Waals surface area contributed by atoms with Gasteiger partial charge in [0.2, 0.25) is 15.9 Å². The molecule has 0 spiro atoms. The quantitative estimate of drug-likeness (QED) is 0.609. The summed E-state index contributed by atoms with van der Waals surface area (Å²) in [5, 5.41) is 11.6. The highest BCUT2D eigenvalue weighted by Gasteiger charge is 2.37. The summed E-state index contributed by atoms with van der Waals surface area (Å²) in [6.07, 6.45) is 4.64. The van der Waals surface area contributed by atoms with Gasteiger partial charge in [-0.1, -0.05) is 19.4 Å². The minimum Gasteiger partial charge on any atom is -0.480 e. The van der Waals surface area contributed by atoms with Crippen LogP contribution in [0.15, 0.2) is 12.7 Å². The number of piperidine rings is 1. The summed E-state index contributed by atoms with van der Waals surface area (Å²) >= 11 is 0. The predicted octanol–water partition coefficient (Wildman–Crippen LogP) is 1.12. The molecule has 0 saturated carbocycles. The van der Waals surface area contributed by atoms with Crippen molar-refractivity contribution < 1.29 is 23.1 Å². The molecule has 8 heteroatoms. The first kappa shape index (κ1) is 19.6. The molecule has 1 rings (SSSR count). The summed E-state index contributed by atoms with van der Waals surface area (Å²) < 4.78 is 25.9. The lowest BCUT2D eigenvalue weighted by Gasteiger charge is -2.34. The van der Waals surface area contributed by atoms with Crippen molar-refractivity contribution in [2.45, 2.75) is 57.5 Å². The third-order valence-corrected chi connectivity index (χ3v) is 5.93. The second-order valence-corrected chi connectivity index (χ2v) is 7.74. The summed E-state index contributed by atoms with van der Waals surface area (Å²) in [5.41, 5.74) is 0. The SMILES string of the molecule is C=CCCC(NC(=O)C1CCCCN1S(=O)(=O)CCC)C(=O)O. The van der Waals surface area contributed by atoms with Gasteiger partial charge in [-0.15, -0.1) is 6.58 Å². The van der Waals surface area contributed by atoms with Crippen molar-refractivity contribution >= 4 is 21.9 Å². The highest BCUT2D eigenvalue weighted by atomic mass is 32.2. The van der Waals surface area contributed by atoms with Crippen LogP contribution >= 0.6 is 0 Å². The molecule has 0 aromatic rings. The van der Waals surface area contributed by atoms with Gasteiger partial charge in [-0.2, -0.15) is 4.31 Å². The number of rotatable bonds is 9. The molecule has 7 nitrogen and oxygen atoms in total. The number of amides is 1. The van der Waals surface area contributed by atoms with E-state index in [1.165, 1.54) is 4.31 Å². The highest BCUT2D eigenvalue weighted by molar-refractivity contribution is 7.89. The van der Waals surface area contributed by atoms with Crippen LogP contribution in [-0.4, -0.2) is 54.1 Å². The number of sulfonamides is 1. The van der Waals surface area contributed by atoms with Crippen molar-refractivity contribution in [1.29, 1.82) is 0 Å². The molecule has 1 fully saturated rings. The van der Waals surface area contributed by atoms with Crippen LogP contribution < -0.4 is 5.32 Å². The number of carbonyl (C=O) groups excluding carboxylic acids is 1. The molecule has 0 aromatic carbocycles. The standard InChI is InChI=1S/C15H26N2O5S/c1-3-5-8-12(15(19)20)16-14(18)13-9-6-7-10-17(13)23(21,22)11-4-2/h3,12-13H,1,4-11H2,2H3,(H,16,18)(H,19,20). The Balaban J connectivity index is 2.85. The van der Waals surface area contributed by atoms with Gasteiger partial charge in [0.15, 0.2) is 0 Å². The summed E-state index contributed by atoms with van der Waals surface area (Å²) in [6, 6.07) is -1.84. The molecule has 1 heterocycles. The lowest BCUT2D eigenvalue weighted by Crippen LogP contribution is -2.55. The van der Waals surface area contributed by atoms with E-state index in [9.17, 15) is 23.1 Å². The van der Waals surface area contributed by atoms with Crippen LogP contribution in [-0.2, 0) is 19.6 Å². The third-order valence-electron chi connectivity index (χ3n) is 3.85. The average Bonchev–Trinajstić information content (AvgIpc) is 2.50. The maximum atomic E-state index is 12.4. The molecular formula is C15H26N2O5S. The van der Waals surface area contributed by atoms with Gasteiger partial charge < -0.3 is 10.4 Å². The number of allylic oxidation sites excluding steroid dienone is 1. The number of carbonyl (C=O) groups is 2. The van der Waals surface area contributed by atoms with Crippen molar-refractivity contribution in [1.82, 2.24) is 9.62 Å². The Kier molecular flexibility index (Phi) is 7.70. The Morgan fingerprint density at radius 2 is 2.13 bits per heavy atom. The average molecular weight is 346 g/mol. The third kappa shape index (κ3) is 5.62. The molecule has 23 heavy (non-hydrogen) atoms. The molecule has 1 saturated heterocycles. The number of hydrogen-bond acceptors (Lipinski definition) is 4. The van der Waals surface area contributed by atoms with Crippen molar-refractivity contribution in [2.24, 2.45) is 0 Å². The molecule has 0 aromatic heterocycles. The van der Waals surface area contributed by atoms with Gasteiger partial charge in [0.05, 0.1) is 5.75 Å². The summed E-state index contributed by atoms with van der Waals surface area (Å²) in [4.78, 5) is 23.7. The van der Waals surface area contributed by atoms with E-state index in [4.69, 9.17) is 0 Å². The predicted molar refractivity (Wildman–Crippen MR) is 87.4 cm³/mol. The van der Waals surface area contributed by atoms with E-state index in [-0.39, 0.29) is 12.2 Å². The molecule has 1 aliphatic rings. The normalized spacial score (nSPS) is 20.7. The van der Waals surface area contributed by atoms with Crippen LogP contribution in [0.3, 0.4) is 0 Å². The van der Waals surface area contributed by atoms with E-state index < -0.39 is 34.0 Å². The second kappa shape index (κ2) is 9.02. The number of carboxylic acid groups (broad SMARTS) is 1. The number of carboxylic acids is 1. The number of hydrogen-bond donors (Lipinski definition) is 2. The van der Waals surface area contributed by atoms with Crippen LogP contribution in [0, 0.1) is 0 Å². The minimum atomic E-state index is -3.49. The van der Waals surface area contributed by atoms with E-state index in [0.29, 0.717) is 32.2 Å². The zero-order valence-electron chi connectivity index (χ0n) is 13.5. The van der Waals surface area contributed by atoms with E-state index in [1.807, 2.05) is 0 Å². The van der Waals surface area contributed by atoms with Gasteiger partial charge in [-0.3, -0.25) is 4.79 Å². The monoisotopic (exact) mass is 346 g/mol. The lowest BCUT2D eigenvalue weighted by atomic mass is 10.0. The summed E-state index contributed by atoms with van der Waals surface area (Å²) in [6.45, 7) is 5.61. The first-order chi connectivity index (χ1) is 10.8. The molecule has 132 valence electrons. The van der Waals surface area contributed by atoms with Crippen LogP contribution in [0.2, 0.25) is 0 Å². The Morgan fingerprint density at radius 1 is 1.43 bits per heavy atom. The van der Waals surface area contributed by atoms with Crippen molar-refractivity contribution in [3.05, 3.63) is 12.7 Å². The largest absolute Gasteiger partial charge is 0.480 e. The molecular weight excluding hydrogens is 320 g/mol. The molecule has 1 amide bonds. The fourth-order valence-corrected chi connectivity index (χ4v) is 4.43. The van der Waals surface area contributed by atoms with Gasteiger partial charge >= 0.3 is 5.97 Å². The topological polar surface area (TPSA) is 104 Å². The van der Waals surface area contributed by atoms with Crippen LogP contribution in [0.25, 0.3) is 0 Å². The zero-order chi connectivity index (χ0) is 17.5. The Morgan fingerprint density at radius 3 is 2.70 bits per heavy atom. The molecule has 0 radical (unpaired) electrons. The van der Waals surface area contributed by atoms with E-state index in [0.717, 1.165) is 6.42 Å². The van der Waals surface area contributed by atoms with Crippen LogP contribution in [0.5, 0.6) is 0 Å². The number of nitrogens with one attached hydrogen (secondary N) is 1. The van der Waals surface area contributed by atoms with E-state index >= 15 is 0 Å². The van der Waals surface area contributed by atoms with E-state index in [1.54, 1.807) is 13.0 Å². The summed E-state index contributed by atoms with van der Waals surface area (Å²) in [7, 11) is -3.49. The van der Waals surface area contributed by atoms with E-state index in [2.05, 4.69) is 11.9 Å². The first-order valence-corrected chi connectivity index (χ1v) is 9.58. The molecule has 2 N–H and O–H groups in total.